The number of amides is 1. The van der Waals surface area contributed by atoms with E-state index in [9.17, 15) is 13.6 Å². The molecule has 1 fully saturated rings. The van der Waals surface area contributed by atoms with Crippen LogP contribution in [0.25, 0.3) is 0 Å². The quantitative estimate of drug-likeness (QED) is 0.865. The summed E-state index contributed by atoms with van der Waals surface area (Å²) in [6, 6.07) is 2.57. The molecule has 1 aliphatic rings. The number of nitrogens with one attached hydrogen (secondary N) is 1. The van der Waals surface area contributed by atoms with Gasteiger partial charge in [-0.15, -0.1) is 0 Å². The summed E-state index contributed by atoms with van der Waals surface area (Å²) in [5.74, 6) is -2.30. The Hall–Kier alpha value is -2.35. The van der Waals surface area contributed by atoms with Crippen LogP contribution in [0.1, 0.15) is 61.2 Å². The molecule has 1 aromatic carbocycles. The van der Waals surface area contributed by atoms with Gasteiger partial charge in [0.25, 0.3) is 5.91 Å². The lowest BCUT2D eigenvalue weighted by molar-refractivity contribution is 0.0905. The molecule has 0 unspecified atom stereocenters. The van der Waals surface area contributed by atoms with Gasteiger partial charge in [-0.05, 0) is 37.3 Å². The van der Waals surface area contributed by atoms with Crippen LogP contribution in [-0.2, 0) is 5.54 Å². The van der Waals surface area contributed by atoms with Crippen molar-refractivity contribution in [3.8, 4) is 0 Å². The highest BCUT2D eigenvalue weighted by Gasteiger charge is 2.40. The highest BCUT2D eigenvalue weighted by atomic mass is 19.1. The molecule has 1 atom stereocenters. The molecule has 134 valence electrons. The van der Waals surface area contributed by atoms with Gasteiger partial charge >= 0.3 is 0 Å². The van der Waals surface area contributed by atoms with Crippen LogP contribution in [0.3, 0.4) is 0 Å². The Morgan fingerprint density at radius 1 is 1.32 bits per heavy atom. The number of aromatic nitrogens is 2. The third kappa shape index (κ3) is 3.26. The maximum atomic E-state index is 13.8. The Balaban J connectivity index is 1.84. The van der Waals surface area contributed by atoms with Crippen molar-refractivity contribution in [1.29, 1.82) is 0 Å². The third-order valence-electron chi connectivity index (χ3n) is 4.54. The van der Waals surface area contributed by atoms with Gasteiger partial charge < -0.3 is 15.6 Å². The molecule has 2 aromatic rings. The Bertz CT molecular complexity index is 766. The van der Waals surface area contributed by atoms with Gasteiger partial charge in [0, 0.05) is 0 Å². The second kappa shape index (κ2) is 6.51. The number of hydrogen-bond acceptors (Lipinski definition) is 5. The first-order chi connectivity index (χ1) is 11.8. The number of nitrogens with zero attached hydrogens (tertiary/aromatic N) is 2. The van der Waals surface area contributed by atoms with Crippen molar-refractivity contribution in [3.05, 3.63) is 47.1 Å². The van der Waals surface area contributed by atoms with Gasteiger partial charge in [0.1, 0.15) is 23.2 Å². The second-order valence-electron chi connectivity index (χ2n) is 6.76. The molecule has 0 bridgehead atoms. The van der Waals surface area contributed by atoms with Crippen molar-refractivity contribution < 1.29 is 18.1 Å². The lowest BCUT2D eigenvalue weighted by Gasteiger charge is -2.34. The minimum atomic E-state index is -0.929. The molecule has 1 aliphatic carbocycles. The van der Waals surface area contributed by atoms with E-state index in [0.717, 1.165) is 31.4 Å². The molecular weight excluding hydrogens is 330 g/mol. The maximum Gasteiger partial charge on any atom is 0.257 e. The molecule has 0 radical (unpaired) electrons. The molecule has 3 N–H and O–H groups in total. The lowest BCUT2D eigenvalue weighted by Crippen LogP contribution is -2.44. The number of benzene rings is 1. The van der Waals surface area contributed by atoms with Crippen molar-refractivity contribution >= 4 is 5.91 Å². The van der Waals surface area contributed by atoms with Crippen LogP contribution < -0.4 is 11.1 Å². The van der Waals surface area contributed by atoms with E-state index in [-0.39, 0.29) is 11.8 Å². The van der Waals surface area contributed by atoms with Crippen molar-refractivity contribution in [2.75, 3.05) is 0 Å². The molecule has 0 spiro atoms. The van der Waals surface area contributed by atoms with Gasteiger partial charge in [-0.3, -0.25) is 4.79 Å². The normalized spacial score (nSPS) is 17.2. The molecular formula is C17H20F2N4O2. The number of nitrogens with two attached hydrogens (primary N) is 1. The number of hydrogen-bond donors (Lipinski definition) is 2. The van der Waals surface area contributed by atoms with Gasteiger partial charge in [-0.1, -0.05) is 25.1 Å². The fourth-order valence-corrected chi connectivity index (χ4v) is 2.79. The summed E-state index contributed by atoms with van der Waals surface area (Å²) in [4.78, 5) is 16.7. The van der Waals surface area contributed by atoms with E-state index < -0.39 is 34.7 Å². The molecule has 0 saturated heterocycles. The SMILES string of the molecule is CC(C)[C@H](NC(=O)c1c(F)cccc1F)c1nc(C2(N)CCC2)no1. The fraction of sp³-hybridized carbons (Fsp3) is 0.471. The monoisotopic (exact) mass is 350 g/mol. The summed E-state index contributed by atoms with van der Waals surface area (Å²) in [6.07, 6.45) is 2.54. The summed E-state index contributed by atoms with van der Waals surface area (Å²) in [5.41, 5.74) is 4.95. The minimum Gasteiger partial charge on any atom is -0.340 e. The molecule has 1 saturated carbocycles. The molecule has 25 heavy (non-hydrogen) atoms. The van der Waals surface area contributed by atoms with Crippen LogP contribution >= 0.6 is 0 Å². The summed E-state index contributed by atoms with van der Waals surface area (Å²) in [5, 5.41) is 6.49. The highest BCUT2D eigenvalue weighted by molar-refractivity contribution is 5.94. The molecule has 3 rings (SSSR count). The van der Waals surface area contributed by atoms with Gasteiger partial charge in [-0.25, -0.2) is 8.78 Å². The van der Waals surface area contributed by atoms with Gasteiger partial charge in [0.15, 0.2) is 5.82 Å². The van der Waals surface area contributed by atoms with Gasteiger partial charge in [-0.2, -0.15) is 4.98 Å². The molecule has 0 aliphatic heterocycles. The number of carbonyl (C=O) groups excluding carboxylic acids is 1. The first-order valence-corrected chi connectivity index (χ1v) is 8.19. The zero-order chi connectivity index (χ0) is 18.2. The Morgan fingerprint density at radius 2 is 1.96 bits per heavy atom. The van der Waals surface area contributed by atoms with Crippen LogP contribution in [0, 0.1) is 17.6 Å². The third-order valence-corrected chi connectivity index (χ3v) is 4.54. The summed E-state index contributed by atoms with van der Waals surface area (Å²) < 4.78 is 32.9. The van der Waals surface area contributed by atoms with E-state index in [0.29, 0.717) is 5.82 Å². The molecule has 1 aromatic heterocycles. The molecule has 6 nitrogen and oxygen atoms in total. The van der Waals surface area contributed by atoms with E-state index in [4.69, 9.17) is 10.3 Å². The number of halogens is 2. The standard InChI is InChI=1S/C17H20F2N4O2/c1-9(2)13(15-22-16(23-25-15)17(20)7-4-8-17)21-14(24)12-10(18)5-3-6-11(12)19/h3,5-6,9,13H,4,7-8,20H2,1-2H3,(H,21,24)/t13-/m0/s1. The van der Waals surface area contributed by atoms with Crippen LogP contribution in [0.4, 0.5) is 8.78 Å². The van der Waals surface area contributed by atoms with Gasteiger partial charge in [0.2, 0.25) is 5.89 Å². The minimum absolute atomic E-state index is 0.137. The number of rotatable bonds is 5. The van der Waals surface area contributed by atoms with Crippen molar-refractivity contribution in [2.45, 2.75) is 44.7 Å². The highest BCUT2D eigenvalue weighted by Crippen LogP contribution is 2.37. The first kappa shape index (κ1) is 17.5. The van der Waals surface area contributed by atoms with Crippen LogP contribution in [0.2, 0.25) is 0 Å². The average molecular weight is 350 g/mol. The van der Waals surface area contributed by atoms with Crippen molar-refractivity contribution in [3.63, 3.8) is 0 Å². The summed E-state index contributed by atoms with van der Waals surface area (Å²) in [7, 11) is 0. The zero-order valence-corrected chi connectivity index (χ0v) is 14.1. The second-order valence-corrected chi connectivity index (χ2v) is 6.76. The predicted octanol–water partition coefficient (Wildman–Crippen LogP) is 2.81. The van der Waals surface area contributed by atoms with Crippen LogP contribution in [0.5, 0.6) is 0 Å². The summed E-state index contributed by atoms with van der Waals surface area (Å²) in [6.45, 7) is 3.65. The van der Waals surface area contributed by atoms with E-state index in [2.05, 4.69) is 15.5 Å². The van der Waals surface area contributed by atoms with E-state index in [1.165, 1.54) is 6.07 Å². The molecule has 1 amide bonds. The Kier molecular flexibility index (Phi) is 4.55. The fourth-order valence-electron chi connectivity index (χ4n) is 2.79. The number of carbonyl (C=O) groups is 1. The smallest absolute Gasteiger partial charge is 0.257 e. The average Bonchev–Trinajstić information content (AvgIpc) is 2.99. The largest absolute Gasteiger partial charge is 0.340 e. The van der Waals surface area contributed by atoms with Crippen molar-refractivity contribution in [1.82, 2.24) is 15.5 Å². The van der Waals surface area contributed by atoms with Crippen LogP contribution in [-0.4, -0.2) is 16.0 Å². The topological polar surface area (TPSA) is 94.0 Å². The summed E-state index contributed by atoms with van der Waals surface area (Å²) >= 11 is 0. The molecule has 1 heterocycles. The van der Waals surface area contributed by atoms with E-state index in [1.807, 2.05) is 13.8 Å². The predicted molar refractivity (Wildman–Crippen MR) is 85.4 cm³/mol. The lowest BCUT2D eigenvalue weighted by atomic mass is 9.77. The van der Waals surface area contributed by atoms with E-state index in [1.54, 1.807) is 0 Å². The Morgan fingerprint density at radius 3 is 2.48 bits per heavy atom. The Labute approximate surface area is 143 Å². The molecule has 8 heteroatoms. The maximum absolute atomic E-state index is 13.8. The van der Waals surface area contributed by atoms with Gasteiger partial charge in [0.05, 0.1) is 5.54 Å². The first-order valence-electron chi connectivity index (χ1n) is 8.19. The van der Waals surface area contributed by atoms with E-state index >= 15 is 0 Å². The van der Waals surface area contributed by atoms with Crippen molar-refractivity contribution in [2.24, 2.45) is 11.7 Å². The van der Waals surface area contributed by atoms with Crippen LogP contribution in [0.15, 0.2) is 22.7 Å². The zero-order valence-electron chi connectivity index (χ0n) is 14.1.